The Morgan fingerprint density at radius 1 is 1.22 bits per heavy atom. The summed E-state index contributed by atoms with van der Waals surface area (Å²) in [6.07, 6.45) is 3.30. The molecule has 3 fully saturated rings. The fourth-order valence-electron chi connectivity index (χ4n) is 3.67. The number of hydrogen-bond donors (Lipinski definition) is 0. The molecule has 0 aromatic heterocycles. The van der Waals surface area contributed by atoms with Crippen LogP contribution in [0, 0.1) is 11.7 Å². The van der Waals surface area contributed by atoms with E-state index < -0.39 is 0 Å². The van der Waals surface area contributed by atoms with Crippen molar-refractivity contribution in [2.45, 2.75) is 31.7 Å². The molecule has 2 bridgehead atoms. The summed E-state index contributed by atoms with van der Waals surface area (Å²) in [5, 5.41) is 0. The van der Waals surface area contributed by atoms with Gasteiger partial charge in [-0.1, -0.05) is 0 Å². The number of carbonyl (C=O) groups is 2. The molecule has 2 atom stereocenters. The van der Waals surface area contributed by atoms with E-state index in [0.29, 0.717) is 18.0 Å². The largest absolute Gasteiger partial charge is 0.341 e. The highest BCUT2D eigenvalue weighted by Crippen LogP contribution is 2.28. The highest BCUT2D eigenvalue weighted by molar-refractivity contribution is 5.95. The molecule has 0 aliphatic carbocycles. The predicted molar refractivity (Wildman–Crippen MR) is 85.7 cm³/mol. The second-order valence-corrected chi connectivity index (χ2v) is 6.67. The molecule has 1 amide bonds. The minimum absolute atomic E-state index is 0.0518. The van der Waals surface area contributed by atoms with Gasteiger partial charge in [-0.2, -0.15) is 0 Å². The van der Waals surface area contributed by atoms with Crippen molar-refractivity contribution in [3.05, 3.63) is 35.6 Å². The summed E-state index contributed by atoms with van der Waals surface area (Å²) in [5.74, 6) is 0.115. The fourth-order valence-corrected chi connectivity index (χ4v) is 3.67. The zero-order valence-corrected chi connectivity index (χ0v) is 13.5. The molecule has 3 saturated heterocycles. The van der Waals surface area contributed by atoms with Crippen LogP contribution < -0.4 is 0 Å². The normalized spacial score (nSPS) is 24.8. The van der Waals surface area contributed by atoms with E-state index in [2.05, 4.69) is 4.90 Å². The maximum Gasteiger partial charge on any atom is 0.227 e. The topological polar surface area (TPSA) is 40.6 Å². The molecule has 0 radical (unpaired) electrons. The van der Waals surface area contributed by atoms with Gasteiger partial charge in [-0.3, -0.25) is 9.59 Å². The monoisotopic (exact) mass is 318 g/mol. The number of halogens is 1. The third kappa shape index (κ3) is 3.61. The van der Waals surface area contributed by atoms with Crippen molar-refractivity contribution in [2.24, 2.45) is 5.92 Å². The summed E-state index contributed by atoms with van der Waals surface area (Å²) >= 11 is 0. The zero-order valence-electron chi connectivity index (χ0n) is 13.5. The maximum absolute atomic E-state index is 12.9. The number of carbonyl (C=O) groups excluding carboxylic acids is 2. The smallest absolute Gasteiger partial charge is 0.227 e. The molecule has 0 N–H and O–H groups in total. The van der Waals surface area contributed by atoms with E-state index in [1.54, 1.807) is 0 Å². The molecule has 5 heteroatoms. The van der Waals surface area contributed by atoms with E-state index in [1.807, 2.05) is 11.9 Å². The first-order valence-corrected chi connectivity index (χ1v) is 8.32. The Morgan fingerprint density at radius 3 is 2.70 bits per heavy atom. The first-order valence-electron chi connectivity index (χ1n) is 8.32. The van der Waals surface area contributed by atoms with Gasteiger partial charge in [-0.15, -0.1) is 0 Å². The quantitative estimate of drug-likeness (QED) is 0.783. The van der Waals surface area contributed by atoms with Gasteiger partial charge in [-0.25, -0.2) is 4.39 Å². The standard InChI is InChI=1S/C18H23FN2O2/c1-20-16-9-6-14(18(20)23)11-21(12-16)10-2-3-17(22)13-4-7-15(19)8-5-13/h4-5,7-8,14,16H,2-3,6,9-12H2,1H3/t14-,16+/m0/s1. The molecule has 23 heavy (non-hydrogen) atoms. The van der Waals surface area contributed by atoms with E-state index >= 15 is 0 Å². The molecule has 4 rings (SSSR count). The molecule has 1 aromatic carbocycles. The third-order valence-corrected chi connectivity index (χ3v) is 5.08. The Labute approximate surface area is 136 Å². The summed E-state index contributed by atoms with van der Waals surface area (Å²) in [6, 6.07) is 6.03. The number of likely N-dealkylation sites (N-methyl/N-ethyl adjacent to an activating group) is 1. The van der Waals surface area contributed by atoms with Crippen molar-refractivity contribution in [3.8, 4) is 0 Å². The Kier molecular flexibility index (Phi) is 4.76. The van der Waals surface area contributed by atoms with E-state index in [0.717, 1.165) is 38.9 Å². The Hall–Kier alpha value is -1.75. The SMILES string of the molecule is CN1C(=O)[C@H]2CC[C@@H]1CN(CCCC(=O)c1ccc(F)cc1)C2. The summed E-state index contributed by atoms with van der Waals surface area (Å²) in [6.45, 7) is 2.55. The minimum Gasteiger partial charge on any atom is -0.341 e. The average molecular weight is 318 g/mol. The Balaban J connectivity index is 1.50. The van der Waals surface area contributed by atoms with Crippen LogP contribution in [0.3, 0.4) is 0 Å². The van der Waals surface area contributed by atoms with E-state index in [-0.39, 0.29) is 23.4 Å². The second-order valence-electron chi connectivity index (χ2n) is 6.67. The van der Waals surface area contributed by atoms with Crippen LogP contribution in [-0.2, 0) is 4.79 Å². The molecule has 3 aliphatic rings. The summed E-state index contributed by atoms with van der Waals surface area (Å²) in [4.78, 5) is 28.5. The van der Waals surface area contributed by atoms with Crippen molar-refractivity contribution in [3.63, 3.8) is 0 Å². The van der Waals surface area contributed by atoms with E-state index in [4.69, 9.17) is 0 Å². The van der Waals surface area contributed by atoms with Crippen LogP contribution in [0.4, 0.5) is 4.39 Å². The van der Waals surface area contributed by atoms with Crippen LogP contribution in [0.15, 0.2) is 24.3 Å². The number of piperidine rings is 1. The van der Waals surface area contributed by atoms with Gasteiger partial charge >= 0.3 is 0 Å². The van der Waals surface area contributed by atoms with Gasteiger partial charge in [0.15, 0.2) is 5.78 Å². The molecule has 0 spiro atoms. The van der Waals surface area contributed by atoms with Gasteiger partial charge in [0, 0.05) is 38.2 Å². The molecule has 3 heterocycles. The van der Waals surface area contributed by atoms with Crippen LogP contribution in [-0.4, -0.2) is 54.2 Å². The molecule has 4 nitrogen and oxygen atoms in total. The predicted octanol–water partition coefficient (Wildman–Crippen LogP) is 2.34. The highest BCUT2D eigenvalue weighted by atomic mass is 19.1. The summed E-state index contributed by atoms with van der Waals surface area (Å²) < 4.78 is 12.9. The minimum atomic E-state index is -0.324. The van der Waals surface area contributed by atoms with Crippen LogP contribution >= 0.6 is 0 Å². The fraction of sp³-hybridized carbons (Fsp3) is 0.556. The van der Waals surface area contributed by atoms with Gasteiger partial charge in [0.1, 0.15) is 5.82 Å². The second kappa shape index (κ2) is 6.79. The van der Waals surface area contributed by atoms with Crippen molar-refractivity contribution in [2.75, 3.05) is 26.7 Å². The van der Waals surface area contributed by atoms with Gasteiger partial charge in [-0.05, 0) is 50.1 Å². The first kappa shape index (κ1) is 16.1. The zero-order chi connectivity index (χ0) is 16.4. The Bertz CT molecular complexity index is 587. The lowest BCUT2D eigenvalue weighted by molar-refractivity contribution is -0.138. The summed E-state index contributed by atoms with van der Waals surface area (Å²) in [7, 11) is 1.90. The number of rotatable bonds is 5. The first-order chi connectivity index (χ1) is 11.0. The molecular formula is C18H23FN2O2. The maximum atomic E-state index is 12.9. The molecule has 1 aromatic rings. The number of benzene rings is 1. The van der Waals surface area contributed by atoms with Crippen LogP contribution in [0.25, 0.3) is 0 Å². The number of amides is 1. The van der Waals surface area contributed by atoms with Gasteiger partial charge in [0.05, 0.1) is 5.92 Å². The molecule has 0 saturated carbocycles. The van der Waals surface area contributed by atoms with Crippen molar-refractivity contribution >= 4 is 11.7 Å². The average Bonchev–Trinajstić information content (AvgIpc) is 2.81. The van der Waals surface area contributed by atoms with Gasteiger partial charge < -0.3 is 9.80 Å². The van der Waals surface area contributed by atoms with Gasteiger partial charge in [0.25, 0.3) is 0 Å². The van der Waals surface area contributed by atoms with Gasteiger partial charge in [0.2, 0.25) is 5.91 Å². The number of fused-ring (bicyclic) bond motifs is 4. The van der Waals surface area contributed by atoms with Crippen molar-refractivity contribution in [1.29, 1.82) is 0 Å². The third-order valence-electron chi connectivity index (χ3n) is 5.08. The lowest BCUT2D eigenvalue weighted by Crippen LogP contribution is -2.45. The number of hydrogen-bond acceptors (Lipinski definition) is 3. The summed E-state index contributed by atoms with van der Waals surface area (Å²) in [5.41, 5.74) is 0.567. The number of nitrogens with zero attached hydrogens (tertiary/aromatic N) is 2. The molecular weight excluding hydrogens is 295 g/mol. The van der Waals surface area contributed by atoms with E-state index in [9.17, 15) is 14.0 Å². The van der Waals surface area contributed by atoms with Crippen LogP contribution in [0.5, 0.6) is 0 Å². The van der Waals surface area contributed by atoms with Crippen molar-refractivity contribution < 1.29 is 14.0 Å². The Morgan fingerprint density at radius 2 is 1.96 bits per heavy atom. The highest BCUT2D eigenvalue weighted by Gasteiger charge is 2.38. The molecule has 3 aliphatic heterocycles. The lowest BCUT2D eigenvalue weighted by atomic mass is 9.95. The lowest BCUT2D eigenvalue weighted by Gasteiger charge is -2.32. The number of Topliss-reactive ketones (excluding diaryl/α,β-unsaturated/α-hetero) is 1. The van der Waals surface area contributed by atoms with Crippen molar-refractivity contribution in [1.82, 2.24) is 9.80 Å². The number of ketones is 1. The molecule has 0 unspecified atom stereocenters. The van der Waals surface area contributed by atoms with Crippen LogP contribution in [0.1, 0.15) is 36.0 Å². The van der Waals surface area contributed by atoms with Crippen LogP contribution in [0.2, 0.25) is 0 Å². The molecule has 124 valence electrons. The van der Waals surface area contributed by atoms with E-state index in [1.165, 1.54) is 24.3 Å².